The molecular formula is C32H28Cl2N8O3. The summed E-state index contributed by atoms with van der Waals surface area (Å²) in [6, 6.07) is 16.5. The molecule has 2 aliphatic heterocycles. The number of hydrogen-bond donors (Lipinski definition) is 3. The zero-order chi connectivity index (χ0) is 31.2. The molecular weight excluding hydrogens is 615 g/mol. The van der Waals surface area contributed by atoms with Gasteiger partial charge in [-0.1, -0.05) is 47.5 Å². The lowest BCUT2D eigenvalue weighted by Gasteiger charge is -2.43. The minimum absolute atomic E-state index is 0.0402. The summed E-state index contributed by atoms with van der Waals surface area (Å²) in [7, 11) is 0. The fourth-order valence-corrected chi connectivity index (χ4v) is 6.57. The Labute approximate surface area is 268 Å². The third-order valence-corrected chi connectivity index (χ3v) is 9.10. The standard InChI is InChI=1S/C32H28Cl2N8O3/c1-17-36-23-10-4-12-35-29(23)30(37-17)38-21-8-2-6-19(27(21)33)20-7-3-9-22(28(20)34)39-31(43)24-14-26-25(11-5-13-42(26)40-24)41-15-18(16-41)32(44)45/h2-4,6-10,12,14,18,25H,5,11,13,15-16H2,1H3,(H,39,43)(H,44,45)(H,36,37,38)/t25-/m1/s1. The van der Waals surface area contributed by atoms with Crippen molar-refractivity contribution in [1.29, 1.82) is 0 Å². The molecule has 0 radical (unpaired) electrons. The highest BCUT2D eigenvalue weighted by Gasteiger charge is 2.39. The fourth-order valence-electron chi connectivity index (χ4n) is 6.02. The van der Waals surface area contributed by atoms with Crippen LogP contribution in [0.15, 0.2) is 60.8 Å². The van der Waals surface area contributed by atoms with Crippen molar-refractivity contribution in [2.45, 2.75) is 32.4 Å². The normalized spacial score (nSPS) is 16.6. The molecule has 3 N–H and O–H groups in total. The minimum Gasteiger partial charge on any atom is -0.481 e. The van der Waals surface area contributed by atoms with Gasteiger partial charge < -0.3 is 15.7 Å². The Morgan fingerprint density at radius 3 is 2.47 bits per heavy atom. The third kappa shape index (κ3) is 5.47. The van der Waals surface area contributed by atoms with Crippen LogP contribution in [0, 0.1) is 12.8 Å². The monoisotopic (exact) mass is 642 g/mol. The number of nitrogens with zero attached hydrogens (tertiary/aromatic N) is 6. The number of hydrogen-bond acceptors (Lipinski definition) is 8. The maximum absolute atomic E-state index is 13.4. The van der Waals surface area contributed by atoms with E-state index in [1.807, 2.05) is 48.0 Å². The number of carbonyl (C=O) groups excluding carboxylic acids is 1. The SMILES string of the molecule is Cc1nc(Nc2cccc(-c3cccc(NC(=O)c4cc5n(n4)CCC[C@H]5N4CC(C(=O)O)C4)c3Cl)c2Cl)c2ncccc2n1. The summed E-state index contributed by atoms with van der Waals surface area (Å²) in [5.74, 6) is -0.380. The molecule has 2 aromatic carbocycles. The van der Waals surface area contributed by atoms with E-state index in [9.17, 15) is 14.7 Å². The number of amides is 1. The van der Waals surface area contributed by atoms with Crippen LogP contribution in [0.4, 0.5) is 17.2 Å². The molecule has 1 saturated heterocycles. The second kappa shape index (κ2) is 11.7. The maximum atomic E-state index is 13.4. The number of carbonyl (C=O) groups is 2. The van der Waals surface area contributed by atoms with Crippen LogP contribution in [-0.4, -0.2) is 59.7 Å². The molecule has 13 heteroatoms. The Morgan fingerprint density at radius 1 is 0.978 bits per heavy atom. The van der Waals surface area contributed by atoms with Gasteiger partial charge in [0.25, 0.3) is 5.91 Å². The summed E-state index contributed by atoms with van der Waals surface area (Å²) in [6.07, 6.45) is 3.48. The number of fused-ring (bicyclic) bond motifs is 2. The van der Waals surface area contributed by atoms with Crippen LogP contribution in [0.25, 0.3) is 22.2 Å². The van der Waals surface area contributed by atoms with E-state index in [-0.39, 0.29) is 23.6 Å². The van der Waals surface area contributed by atoms with Crippen molar-refractivity contribution in [2.75, 3.05) is 23.7 Å². The van der Waals surface area contributed by atoms with Gasteiger partial charge in [-0.25, -0.2) is 9.97 Å². The number of rotatable bonds is 7. The number of aliphatic carboxylic acids is 1. The second-order valence-electron chi connectivity index (χ2n) is 11.2. The van der Waals surface area contributed by atoms with Crippen molar-refractivity contribution in [1.82, 2.24) is 29.6 Å². The van der Waals surface area contributed by atoms with E-state index in [1.54, 1.807) is 24.4 Å². The van der Waals surface area contributed by atoms with Gasteiger partial charge in [-0.05, 0) is 50.1 Å². The molecule has 0 saturated carbocycles. The van der Waals surface area contributed by atoms with Crippen molar-refractivity contribution >= 4 is 63.3 Å². The zero-order valence-electron chi connectivity index (χ0n) is 24.2. The lowest BCUT2D eigenvalue weighted by atomic mass is 9.93. The quantitative estimate of drug-likeness (QED) is 0.185. The van der Waals surface area contributed by atoms with Crippen LogP contribution in [0.1, 0.15) is 40.9 Å². The van der Waals surface area contributed by atoms with Crippen LogP contribution in [0.5, 0.6) is 0 Å². The lowest BCUT2D eigenvalue weighted by molar-refractivity contribution is -0.149. The zero-order valence-corrected chi connectivity index (χ0v) is 25.7. The molecule has 1 amide bonds. The first-order valence-corrected chi connectivity index (χ1v) is 15.3. The van der Waals surface area contributed by atoms with E-state index < -0.39 is 5.97 Å². The number of halogens is 2. The van der Waals surface area contributed by atoms with E-state index >= 15 is 0 Å². The molecule has 0 unspecified atom stereocenters. The van der Waals surface area contributed by atoms with Crippen LogP contribution in [-0.2, 0) is 11.3 Å². The van der Waals surface area contributed by atoms with Gasteiger partial charge in [0.05, 0.1) is 44.6 Å². The minimum atomic E-state index is -0.772. The first kappa shape index (κ1) is 29.1. The molecule has 45 heavy (non-hydrogen) atoms. The van der Waals surface area contributed by atoms with E-state index in [2.05, 4.69) is 35.6 Å². The van der Waals surface area contributed by atoms with Crippen molar-refractivity contribution in [3.8, 4) is 11.1 Å². The van der Waals surface area contributed by atoms with E-state index in [0.29, 0.717) is 74.9 Å². The third-order valence-electron chi connectivity index (χ3n) is 8.29. The number of benzene rings is 2. The molecule has 1 atom stereocenters. The number of carboxylic acid groups (broad SMARTS) is 1. The molecule has 11 nitrogen and oxygen atoms in total. The topological polar surface area (TPSA) is 138 Å². The van der Waals surface area contributed by atoms with Crippen LogP contribution in [0.3, 0.4) is 0 Å². The number of aromatic nitrogens is 5. The Bertz CT molecular complexity index is 1970. The Kier molecular flexibility index (Phi) is 7.60. The largest absolute Gasteiger partial charge is 0.481 e. The second-order valence-corrected chi connectivity index (χ2v) is 12.0. The van der Waals surface area contributed by atoms with Gasteiger partial charge in [0.2, 0.25) is 0 Å². The van der Waals surface area contributed by atoms with Gasteiger partial charge in [0.15, 0.2) is 11.5 Å². The number of nitrogens with one attached hydrogen (secondary N) is 2. The van der Waals surface area contributed by atoms with Crippen LogP contribution >= 0.6 is 23.2 Å². The van der Waals surface area contributed by atoms with Gasteiger partial charge in [-0.2, -0.15) is 5.10 Å². The summed E-state index contributed by atoms with van der Waals surface area (Å²) in [4.78, 5) is 40.3. The summed E-state index contributed by atoms with van der Waals surface area (Å²) in [6.45, 7) is 3.52. The molecule has 5 heterocycles. The number of pyridine rings is 1. The predicted octanol–water partition coefficient (Wildman–Crippen LogP) is 6.35. The predicted molar refractivity (Wildman–Crippen MR) is 172 cm³/mol. The van der Waals surface area contributed by atoms with Gasteiger partial charge in [-0.3, -0.25) is 24.2 Å². The summed E-state index contributed by atoms with van der Waals surface area (Å²) < 4.78 is 1.85. The van der Waals surface area contributed by atoms with E-state index in [0.717, 1.165) is 18.5 Å². The van der Waals surface area contributed by atoms with Crippen LogP contribution in [0.2, 0.25) is 10.0 Å². The molecule has 0 bridgehead atoms. The first-order valence-electron chi connectivity index (χ1n) is 14.6. The molecule has 2 aliphatic rings. The average Bonchev–Trinajstić information content (AvgIpc) is 3.44. The smallest absolute Gasteiger partial charge is 0.309 e. The number of aryl methyl sites for hydroxylation is 2. The molecule has 5 aromatic rings. The summed E-state index contributed by atoms with van der Waals surface area (Å²) >= 11 is 13.8. The van der Waals surface area contributed by atoms with Crippen molar-refractivity contribution in [2.24, 2.45) is 5.92 Å². The molecule has 0 aliphatic carbocycles. The highest BCUT2D eigenvalue weighted by molar-refractivity contribution is 6.39. The van der Waals surface area contributed by atoms with Crippen molar-refractivity contribution < 1.29 is 14.7 Å². The molecule has 3 aromatic heterocycles. The molecule has 1 fully saturated rings. The maximum Gasteiger partial charge on any atom is 0.309 e. The number of likely N-dealkylation sites (tertiary alicyclic amines) is 1. The molecule has 0 spiro atoms. The molecule has 228 valence electrons. The molecule has 7 rings (SSSR count). The average molecular weight is 644 g/mol. The first-order chi connectivity index (χ1) is 21.8. The Balaban J connectivity index is 1.13. The van der Waals surface area contributed by atoms with Gasteiger partial charge in [0, 0.05) is 37.0 Å². The van der Waals surface area contributed by atoms with Crippen molar-refractivity contribution in [3.63, 3.8) is 0 Å². The lowest BCUT2D eigenvalue weighted by Crippen LogP contribution is -2.52. The van der Waals surface area contributed by atoms with E-state index in [4.69, 9.17) is 23.2 Å². The van der Waals surface area contributed by atoms with Crippen LogP contribution < -0.4 is 10.6 Å². The Morgan fingerprint density at radius 2 is 1.71 bits per heavy atom. The number of anilines is 3. The summed E-state index contributed by atoms with van der Waals surface area (Å²) in [5.41, 5.74) is 4.87. The highest BCUT2D eigenvalue weighted by atomic mass is 35.5. The number of carboxylic acids is 1. The van der Waals surface area contributed by atoms with E-state index in [1.165, 1.54) is 0 Å². The highest BCUT2D eigenvalue weighted by Crippen LogP contribution is 2.41. The fraction of sp³-hybridized carbons (Fsp3) is 0.250. The van der Waals surface area contributed by atoms with Crippen molar-refractivity contribution in [3.05, 3.63) is 88.1 Å². The van der Waals surface area contributed by atoms with Gasteiger partial charge in [-0.15, -0.1) is 0 Å². The summed E-state index contributed by atoms with van der Waals surface area (Å²) in [5, 5.41) is 20.8. The van der Waals surface area contributed by atoms with Gasteiger partial charge >= 0.3 is 5.97 Å². The Hall–Kier alpha value is -4.58. The van der Waals surface area contributed by atoms with Gasteiger partial charge in [0.1, 0.15) is 11.3 Å².